The lowest BCUT2D eigenvalue weighted by Gasteiger charge is -2.38. The van der Waals surface area contributed by atoms with Crippen molar-refractivity contribution >= 4 is 17.7 Å². The Labute approximate surface area is 127 Å². The third-order valence-electron chi connectivity index (χ3n) is 3.64. The molecule has 1 saturated heterocycles. The van der Waals surface area contributed by atoms with E-state index in [0.29, 0.717) is 5.56 Å². The van der Waals surface area contributed by atoms with Crippen molar-refractivity contribution in [3.05, 3.63) is 35.6 Å². The molecule has 118 valence electrons. The molecule has 1 heterocycles. The molecule has 0 unspecified atom stereocenters. The quantitative estimate of drug-likeness (QED) is 0.847. The van der Waals surface area contributed by atoms with Crippen LogP contribution in [0.3, 0.4) is 0 Å². The highest BCUT2D eigenvalue weighted by atomic mass is 19.1. The number of primary amides is 1. The zero-order chi connectivity index (χ0) is 16.3. The molecule has 6 nitrogen and oxygen atoms in total. The van der Waals surface area contributed by atoms with Crippen LogP contribution in [0.25, 0.3) is 0 Å². The van der Waals surface area contributed by atoms with Crippen molar-refractivity contribution in [1.29, 1.82) is 0 Å². The van der Waals surface area contributed by atoms with Crippen molar-refractivity contribution in [2.45, 2.75) is 25.9 Å². The Bertz CT molecular complexity index is 605. The van der Waals surface area contributed by atoms with E-state index in [2.05, 4.69) is 0 Å². The number of hydrogen-bond acceptors (Lipinski definition) is 3. The predicted octanol–water partition coefficient (Wildman–Crippen LogP) is 0.260. The van der Waals surface area contributed by atoms with Gasteiger partial charge in [0.1, 0.15) is 18.4 Å². The Kier molecular flexibility index (Phi) is 4.75. The topological polar surface area (TPSA) is 83.7 Å². The number of carbonyl (C=O) groups excluding carboxylic acids is 3. The Balaban J connectivity index is 2.06. The van der Waals surface area contributed by atoms with Gasteiger partial charge in [-0.1, -0.05) is 12.1 Å². The molecule has 0 saturated carbocycles. The lowest BCUT2D eigenvalue weighted by atomic mass is 10.1. The SMILES string of the molecule is C[C@H]1C(=O)N(Cc2cccc(F)c2)CC(=O)N1CCC(N)=O. The molecular formula is C15H18FN3O3. The largest absolute Gasteiger partial charge is 0.370 e. The first-order valence-electron chi connectivity index (χ1n) is 6.99. The van der Waals surface area contributed by atoms with Crippen molar-refractivity contribution in [3.8, 4) is 0 Å². The van der Waals surface area contributed by atoms with Crippen molar-refractivity contribution in [1.82, 2.24) is 9.80 Å². The van der Waals surface area contributed by atoms with Crippen LogP contribution in [0.4, 0.5) is 4.39 Å². The molecule has 7 heteroatoms. The number of hydrogen-bond donors (Lipinski definition) is 1. The molecule has 3 amide bonds. The van der Waals surface area contributed by atoms with Gasteiger partial charge in [0.05, 0.1) is 0 Å². The average Bonchev–Trinajstić information content (AvgIpc) is 2.44. The molecule has 1 aliphatic rings. The van der Waals surface area contributed by atoms with E-state index in [-0.39, 0.29) is 43.7 Å². The summed E-state index contributed by atoms with van der Waals surface area (Å²) in [6.07, 6.45) is 0.0211. The summed E-state index contributed by atoms with van der Waals surface area (Å²) in [4.78, 5) is 38.0. The van der Waals surface area contributed by atoms with Crippen LogP contribution >= 0.6 is 0 Å². The van der Waals surface area contributed by atoms with E-state index in [1.54, 1.807) is 19.1 Å². The lowest BCUT2D eigenvalue weighted by Crippen LogP contribution is -2.58. The van der Waals surface area contributed by atoms with E-state index in [0.717, 1.165) is 0 Å². The molecule has 1 fully saturated rings. The summed E-state index contributed by atoms with van der Waals surface area (Å²) >= 11 is 0. The predicted molar refractivity (Wildman–Crippen MR) is 76.8 cm³/mol. The number of nitrogens with zero attached hydrogens (tertiary/aromatic N) is 2. The van der Waals surface area contributed by atoms with Crippen LogP contribution in [-0.4, -0.2) is 46.7 Å². The summed E-state index contributed by atoms with van der Waals surface area (Å²) in [5.74, 6) is -1.38. The molecule has 0 radical (unpaired) electrons. The summed E-state index contributed by atoms with van der Waals surface area (Å²) in [5, 5.41) is 0. The Morgan fingerprint density at radius 2 is 2.14 bits per heavy atom. The van der Waals surface area contributed by atoms with Crippen LogP contribution in [0, 0.1) is 5.82 Å². The third kappa shape index (κ3) is 3.60. The van der Waals surface area contributed by atoms with Crippen molar-refractivity contribution in [3.63, 3.8) is 0 Å². The minimum Gasteiger partial charge on any atom is -0.370 e. The first-order valence-corrected chi connectivity index (χ1v) is 6.99. The highest BCUT2D eigenvalue weighted by Gasteiger charge is 2.36. The van der Waals surface area contributed by atoms with Gasteiger partial charge in [0.2, 0.25) is 17.7 Å². The fourth-order valence-corrected chi connectivity index (χ4v) is 2.48. The molecule has 1 aromatic carbocycles. The van der Waals surface area contributed by atoms with Gasteiger partial charge < -0.3 is 15.5 Å². The smallest absolute Gasteiger partial charge is 0.245 e. The van der Waals surface area contributed by atoms with E-state index in [1.807, 2.05) is 0 Å². The molecular weight excluding hydrogens is 289 g/mol. The van der Waals surface area contributed by atoms with Gasteiger partial charge >= 0.3 is 0 Å². The van der Waals surface area contributed by atoms with Gasteiger partial charge in [-0.3, -0.25) is 14.4 Å². The Morgan fingerprint density at radius 1 is 1.41 bits per heavy atom. The summed E-state index contributed by atoms with van der Waals surface area (Å²) in [5.41, 5.74) is 5.70. The second-order valence-electron chi connectivity index (χ2n) is 5.30. The highest BCUT2D eigenvalue weighted by molar-refractivity contribution is 5.94. The van der Waals surface area contributed by atoms with Crippen LogP contribution in [0.15, 0.2) is 24.3 Å². The van der Waals surface area contributed by atoms with Crippen molar-refractivity contribution in [2.75, 3.05) is 13.1 Å². The van der Waals surface area contributed by atoms with Gasteiger partial charge in [-0.15, -0.1) is 0 Å². The molecule has 1 atom stereocenters. The standard InChI is InChI=1S/C15H18FN3O3/c1-10-15(22)18(8-11-3-2-4-12(16)7-11)9-14(21)19(10)6-5-13(17)20/h2-4,7,10H,5-6,8-9H2,1H3,(H2,17,20)/t10-/m0/s1. The fraction of sp³-hybridized carbons (Fsp3) is 0.400. The van der Waals surface area contributed by atoms with Gasteiger partial charge in [0.15, 0.2) is 0 Å². The number of nitrogens with two attached hydrogens (primary N) is 1. The zero-order valence-corrected chi connectivity index (χ0v) is 12.3. The Hall–Kier alpha value is -2.44. The van der Waals surface area contributed by atoms with Gasteiger partial charge in [-0.05, 0) is 24.6 Å². The number of carbonyl (C=O) groups is 3. The van der Waals surface area contributed by atoms with E-state index in [4.69, 9.17) is 5.73 Å². The molecule has 1 aliphatic heterocycles. The number of rotatable bonds is 5. The maximum absolute atomic E-state index is 13.2. The number of benzene rings is 1. The van der Waals surface area contributed by atoms with Crippen LogP contribution in [0.1, 0.15) is 18.9 Å². The molecule has 0 spiro atoms. The molecule has 1 aromatic rings. The van der Waals surface area contributed by atoms with Crippen LogP contribution in [0.5, 0.6) is 0 Å². The summed E-state index contributed by atoms with van der Waals surface area (Å²) in [6, 6.07) is 5.26. The van der Waals surface area contributed by atoms with Crippen LogP contribution in [0.2, 0.25) is 0 Å². The van der Waals surface area contributed by atoms with Gasteiger partial charge in [-0.25, -0.2) is 4.39 Å². The highest BCUT2D eigenvalue weighted by Crippen LogP contribution is 2.16. The van der Waals surface area contributed by atoms with E-state index < -0.39 is 11.9 Å². The molecule has 0 aromatic heterocycles. The van der Waals surface area contributed by atoms with Crippen molar-refractivity contribution in [2.24, 2.45) is 5.73 Å². The minimum atomic E-state index is -0.658. The maximum atomic E-state index is 13.2. The molecule has 0 aliphatic carbocycles. The maximum Gasteiger partial charge on any atom is 0.245 e. The first-order chi connectivity index (χ1) is 10.4. The number of halogens is 1. The fourth-order valence-electron chi connectivity index (χ4n) is 2.48. The second-order valence-corrected chi connectivity index (χ2v) is 5.30. The zero-order valence-electron chi connectivity index (χ0n) is 12.3. The summed E-state index contributed by atoms with van der Waals surface area (Å²) in [7, 11) is 0. The van der Waals surface area contributed by atoms with Gasteiger partial charge in [0.25, 0.3) is 0 Å². The minimum absolute atomic E-state index is 0.0211. The average molecular weight is 307 g/mol. The summed E-state index contributed by atoms with van der Waals surface area (Å²) < 4.78 is 13.2. The number of amides is 3. The van der Waals surface area contributed by atoms with Crippen LogP contribution < -0.4 is 5.73 Å². The van der Waals surface area contributed by atoms with E-state index in [9.17, 15) is 18.8 Å². The normalized spacial score (nSPS) is 18.7. The molecule has 0 bridgehead atoms. The number of piperazine rings is 1. The van der Waals surface area contributed by atoms with Gasteiger partial charge in [0, 0.05) is 19.5 Å². The first kappa shape index (κ1) is 15.9. The lowest BCUT2D eigenvalue weighted by molar-refractivity contribution is -0.155. The van der Waals surface area contributed by atoms with E-state index >= 15 is 0 Å². The molecule has 2 rings (SSSR count). The second kappa shape index (κ2) is 6.55. The molecule has 2 N–H and O–H groups in total. The molecule has 22 heavy (non-hydrogen) atoms. The van der Waals surface area contributed by atoms with Gasteiger partial charge in [-0.2, -0.15) is 0 Å². The van der Waals surface area contributed by atoms with E-state index in [1.165, 1.54) is 21.9 Å². The third-order valence-corrected chi connectivity index (χ3v) is 3.64. The monoisotopic (exact) mass is 307 g/mol. The Morgan fingerprint density at radius 3 is 2.77 bits per heavy atom. The summed E-state index contributed by atoms with van der Waals surface area (Å²) in [6.45, 7) is 1.84. The van der Waals surface area contributed by atoms with Crippen molar-refractivity contribution < 1.29 is 18.8 Å². The van der Waals surface area contributed by atoms with Crippen LogP contribution in [-0.2, 0) is 20.9 Å².